The van der Waals surface area contributed by atoms with Crippen LogP contribution in [0.5, 0.6) is 0 Å². The molecule has 1 aromatic heterocycles. The minimum Gasteiger partial charge on any atom is -0.322 e. The second-order valence-electron chi connectivity index (χ2n) is 5.77. The summed E-state index contributed by atoms with van der Waals surface area (Å²) in [6.45, 7) is 2.85. The maximum absolute atomic E-state index is 14.2. The molecule has 1 nitrogen and oxygen atoms in total. The van der Waals surface area contributed by atoms with Crippen LogP contribution in [-0.4, -0.2) is 4.57 Å². The molecule has 2 aromatic rings. The molecule has 0 bridgehead atoms. The van der Waals surface area contributed by atoms with Crippen molar-refractivity contribution >= 4 is 22.6 Å². The van der Waals surface area contributed by atoms with Crippen LogP contribution in [0.2, 0.25) is 0 Å². The Bertz CT molecular complexity index is 809. The van der Waals surface area contributed by atoms with E-state index >= 15 is 0 Å². The van der Waals surface area contributed by atoms with Gasteiger partial charge in [-0.3, -0.25) is 0 Å². The van der Waals surface area contributed by atoms with Crippen LogP contribution in [0.4, 0.5) is 22.0 Å². The lowest BCUT2D eigenvalue weighted by atomic mass is 9.52. The highest BCUT2D eigenvalue weighted by atomic mass is 127. The summed E-state index contributed by atoms with van der Waals surface area (Å²) >= 11 is 2.04. The zero-order valence-electron chi connectivity index (χ0n) is 11.4. The lowest BCUT2D eigenvalue weighted by molar-refractivity contribution is -0.319. The normalized spacial score (nSPS) is 21.8. The fourth-order valence-electron chi connectivity index (χ4n) is 3.77. The molecule has 2 aliphatic rings. The Hall–Kier alpha value is -1.12. The summed E-state index contributed by atoms with van der Waals surface area (Å²) in [6.07, 6.45) is 3.28. The Morgan fingerprint density at radius 3 is 1.82 bits per heavy atom. The van der Waals surface area contributed by atoms with E-state index in [-0.39, 0.29) is 16.8 Å². The SMILES string of the molecule is Cc1c(-n2ccc(I)c2)c(C)c2c3c1C(F)(F)C3(F)C2(F)F. The average molecular weight is 425 g/mol. The van der Waals surface area contributed by atoms with Crippen LogP contribution in [0.25, 0.3) is 5.69 Å². The minimum absolute atomic E-state index is 0.150. The summed E-state index contributed by atoms with van der Waals surface area (Å²) < 4.78 is 72.9. The van der Waals surface area contributed by atoms with E-state index in [9.17, 15) is 22.0 Å². The average Bonchev–Trinajstić information content (AvgIpc) is 2.82. The van der Waals surface area contributed by atoms with Crippen LogP contribution in [0.15, 0.2) is 18.5 Å². The van der Waals surface area contributed by atoms with Crippen molar-refractivity contribution in [2.75, 3.05) is 0 Å². The van der Waals surface area contributed by atoms with Crippen molar-refractivity contribution in [3.8, 4) is 5.69 Å². The number of hydrogen-bond acceptors (Lipinski definition) is 0. The molecular weight excluding hydrogens is 416 g/mol. The van der Waals surface area contributed by atoms with Gasteiger partial charge in [-0.1, -0.05) is 0 Å². The second kappa shape index (κ2) is 3.68. The van der Waals surface area contributed by atoms with E-state index in [4.69, 9.17) is 0 Å². The summed E-state index contributed by atoms with van der Waals surface area (Å²) in [5.74, 6) is -8.32. The number of hydrogen-bond donors (Lipinski definition) is 0. The van der Waals surface area contributed by atoms with Gasteiger partial charge in [-0.05, 0) is 53.6 Å². The van der Waals surface area contributed by atoms with Gasteiger partial charge in [-0.15, -0.1) is 0 Å². The van der Waals surface area contributed by atoms with E-state index in [2.05, 4.69) is 0 Å². The van der Waals surface area contributed by atoms with E-state index in [0.29, 0.717) is 0 Å². The lowest BCUT2D eigenvalue weighted by Crippen LogP contribution is -2.68. The predicted octanol–water partition coefficient (Wildman–Crippen LogP) is 5.07. The first kappa shape index (κ1) is 14.5. The summed E-state index contributed by atoms with van der Waals surface area (Å²) in [6, 6.07) is 1.74. The van der Waals surface area contributed by atoms with Gasteiger partial charge in [-0.25, -0.2) is 4.39 Å². The highest BCUT2D eigenvalue weighted by Gasteiger charge is 2.88. The number of aromatic nitrogens is 1. The molecule has 0 amide bonds. The Labute approximate surface area is 136 Å². The van der Waals surface area contributed by atoms with Gasteiger partial charge in [0.05, 0.1) is 5.69 Å². The van der Waals surface area contributed by atoms with Gasteiger partial charge >= 0.3 is 11.8 Å². The first-order chi connectivity index (χ1) is 10.1. The molecule has 1 heterocycles. The zero-order valence-corrected chi connectivity index (χ0v) is 13.6. The van der Waals surface area contributed by atoms with Gasteiger partial charge in [0.2, 0.25) is 0 Å². The molecule has 0 unspecified atom stereocenters. The van der Waals surface area contributed by atoms with Crippen molar-refractivity contribution in [2.24, 2.45) is 0 Å². The van der Waals surface area contributed by atoms with Crippen molar-refractivity contribution in [1.29, 1.82) is 0 Å². The maximum Gasteiger partial charge on any atom is 0.317 e. The molecule has 2 aliphatic carbocycles. The lowest BCUT2D eigenvalue weighted by Gasteiger charge is -2.58. The quantitative estimate of drug-likeness (QED) is 0.444. The van der Waals surface area contributed by atoms with Crippen LogP contribution < -0.4 is 0 Å². The largest absolute Gasteiger partial charge is 0.322 e. The van der Waals surface area contributed by atoms with E-state index in [1.165, 1.54) is 18.4 Å². The van der Waals surface area contributed by atoms with Gasteiger partial charge < -0.3 is 4.57 Å². The molecule has 1 aromatic carbocycles. The van der Waals surface area contributed by atoms with E-state index < -0.39 is 34.2 Å². The fourth-order valence-corrected chi connectivity index (χ4v) is 4.24. The Kier molecular flexibility index (Phi) is 2.42. The predicted molar refractivity (Wildman–Crippen MR) is 78.5 cm³/mol. The summed E-state index contributed by atoms with van der Waals surface area (Å²) in [4.78, 5) is 0. The molecule has 22 heavy (non-hydrogen) atoms. The third-order valence-corrected chi connectivity index (χ3v) is 5.35. The van der Waals surface area contributed by atoms with Gasteiger partial charge in [0.1, 0.15) is 0 Å². The molecule has 4 rings (SSSR count). The summed E-state index contributed by atoms with van der Waals surface area (Å²) in [5.41, 5.74) is -4.94. The Morgan fingerprint density at radius 2 is 1.41 bits per heavy atom. The van der Waals surface area contributed by atoms with Crippen molar-refractivity contribution < 1.29 is 22.0 Å². The first-order valence-electron chi connectivity index (χ1n) is 6.53. The molecule has 0 spiro atoms. The van der Waals surface area contributed by atoms with Crippen molar-refractivity contribution in [2.45, 2.75) is 31.4 Å². The van der Waals surface area contributed by atoms with E-state index in [1.54, 1.807) is 18.5 Å². The van der Waals surface area contributed by atoms with Crippen LogP contribution in [0.1, 0.15) is 27.8 Å². The number of rotatable bonds is 1. The van der Waals surface area contributed by atoms with Gasteiger partial charge in [0.25, 0.3) is 5.67 Å². The van der Waals surface area contributed by atoms with Crippen LogP contribution >= 0.6 is 22.6 Å². The third kappa shape index (κ3) is 1.17. The maximum atomic E-state index is 14.2. The highest BCUT2D eigenvalue weighted by molar-refractivity contribution is 14.1. The summed E-state index contributed by atoms with van der Waals surface area (Å²) in [5, 5.41) is 0. The molecule has 0 fully saturated rings. The molecular formula is C15H9F5IN. The summed E-state index contributed by atoms with van der Waals surface area (Å²) in [7, 11) is 0. The molecule has 0 radical (unpaired) electrons. The van der Waals surface area contributed by atoms with Crippen LogP contribution in [0, 0.1) is 17.4 Å². The number of alkyl halides is 5. The fraction of sp³-hybridized carbons (Fsp3) is 0.333. The zero-order chi connectivity index (χ0) is 16.2. The second-order valence-corrected chi connectivity index (χ2v) is 7.01. The molecule has 0 saturated carbocycles. The smallest absolute Gasteiger partial charge is 0.317 e. The van der Waals surface area contributed by atoms with Crippen molar-refractivity contribution in [3.63, 3.8) is 0 Å². The molecule has 116 valence electrons. The van der Waals surface area contributed by atoms with Gasteiger partial charge in [0.15, 0.2) is 0 Å². The number of halogens is 6. The van der Waals surface area contributed by atoms with Crippen LogP contribution in [0.3, 0.4) is 0 Å². The first-order valence-corrected chi connectivity index (χ1v) is 7.61. The molecule has 0 saturated heterocycles. The van der Waals surface area contributed by atoms with Gasteiger partial charge in [-0.2, -0.15) is 17.6 Å². The highest BCUT2D eigenvalue weighted by Crippen LogP contribution is 2.78. The van der Waals surface area contributed by atoms with Crippen LogP contribution in [-0.2, 0) is 17.5 Å². The van der Waals surface area contributed by atoms with E-state index in [1.807, 2.05) is 22.6 Å². The van der Waals surface area contributed by atoms with Crippen molar-refractivity contribution in [1.82, 2.24) is 4.57 Å². The van der Waals surface area contributed by atoms with E-state index in [0.717, 1.165) is 3.57 Å². The topological polar surface area (TPSA) is 4.93 Å². The Balaban J connectivity index is 2.12. The van der Waals surface area contributed by atoms with Gasteiger partial charge in [0, 0.05) is 32.7 Å². The molecule has 0 aliphatic heterocycles. The molecule has 0 atom stereocenters. The van der Waals surface area contributed by atoms with Crippen molar-refractivity contribution in [3.05, 3.63) is 49.8 Å². The number of benzene rings is 1. The third-order valence-electron chi connectivity index (χ3n) is 4.71. The minimum atomic E-state index is -4.16. The molecule has 7 heteroatoms. The number of nitrogens with zero attached hydrogens (tertiary/aromatic N) is 1. The standard InChI is InChI=1S/C15H9F5IN/c1-6-9-11-10(15(19,20)13(11,16)14(9,17)18)7(2)12(6)22-4-3-8(21)5-22/h3-5H,1-2H3. The Morgan fingerprint density at radius 1 is 0.909 bits per heavy atom. The monoisotopic (exact) mass is 425 g/mol. The molecule has 0 N–H and O–H groups in total.